The predicted octanol–water partition coefficient (Wildman–Crippen LogP) is 2.40. The summed E-state index contributed by atoms with van der Waals surface area (Å²) in [5, 5.41) is 0. The van der Waals surface area contributed by atoms with Crippen LogP contribution in [-0.4, -0.2) is 19.6 Å². The maximum absolute atomic E-state index is 2.33. The SMILES string of the molecule is CCCCCCCC[N+](CC)(CC)c1ccccc1.[Br-]. The quantitative estimate of drug-likeness (QED) is 0.452. The van der Waals surface area contributed by atoms with Gasteiger partial charge in [-0.05, 0) is 38.8 Å². The van der Waals surface area contributed by atoms with Crippen LogP contribution in [-0.2, 0) is 0 Å². The van der Waals surface area contributed by atoms with Crippen LogP contribution in [0.1, 0.15) is 59.3 Å². The standard InChI is InChI=1S/C18H32N.BrH/c1-4-7-8-9-10-14-17-19(5-2,6-3)18-15-12-11-13-16-18;/h11-13,15-16H,4-10,14,17H2,1-3H3;1H/q+1;/p-1. The van der Waals surface area contributed by atoms with E-state index in [0.29, 0.717) is 0 Å². The first-order valence-corrected chi connectivity index (χ1v) is 8.20. The molecule has 116 valence electrons. The monoisotopic (exact) mass is 341 g/mol. The Hall–Kier alpha value is -0.340. The minimum absolute atomic E-state index is 0. The Morgan fingerprint density at radius 2 is 1.30 bits per heavy atom. The number of halogens is 1. The molecule has 1 aromatic rings. The number of benzene rings is 1. The van der Waals surface area contributed by atoms with E-state index in [1.807, 2.05) is 0 Å². The molecule has 0 unspecified atom stereocenters. The minimum Gasteiger partial charge on any atom is -1.00 e. The van der Waals surface area contributed by atoms with Crippen molar-refractivity contribution < 1.29 is 17.0 Å². The Bertz CT molecular complexity index is 319. The third-order valence-electron chi connectivity index (χ3n) is 4.45. The number of para-hydroxylation sites is 1. The van der Waals surface area contributed by atoms with Crippen molar-refractivity contribution >= 4 is 5.69 Å². The third-order valence-corrected chi connectivity index (χ3v) is 4.45. The van der Waals surface area contributed by atoms with Crippen molar-refractivity contribution in [1.82, 2.24) is 4.48 Å². The van der Waals surface area contributed by atoms with Crippen LogP contribution in [0.5, 0.6) is 0 Å². The molecule has 0 heterocycles. The van der Waals surface area contributed by atoms with Gasteiger partial charge in [0.25, 0.3) is 0 Å². The average Bonchev–Trinajstić information content (AvgIpc) is 2.48. The maximum atomic E-state index is 2.33. The molecule has 0 atom stereocenters. The molecule has 2 heteroatoms. The summed E-state index contributed by atoms with van der Waals surface area (Å²) in [6, 6.07) is 11.1. The molecule has 0 N–H and O–H groups in total. The van der Waals surface area contributed by atoms with Crippen molar-refractivity contribution in [2.24, 2.45) is 0 Å². The van der Waals surface area contributed by atoms with Crippen LogP contribution in [0.4, 0.5) is 5.69 Å². The third kappa shape index (κ3) is 5.97. The normalized spacial score (nSPS) is 11.2. The summed E-state index contributed by atoms with van der Waals surface area (Å²) in [6.45, 7) is 10.6. The number of rotatable bonds is 10. The summed E-state index contributed by atoms with van der Waals surface area (Å²) in [4.78, 5) is 0. The Labute approximate surface area is 136 Å². The van der Waals surface area contributed by atoms with Crippen LogP contribution >= 0.6 is 0 Å². The van der Waals surface area contributed by atoms with E-state index >= 15 is 0 Å². The van der Waals surface area contributed by atoms with E-state index < -0.39 is 0 Å². The molecule has 0 saturated carbocycles. The van der Waals surface area contributed by atoms with Gasteiger partial charge in [0, 0.05) is 0 Å². The van der Waals surface area contributed by atoms with Gasteiger partial charge >= 0.3 is 0 Å². The predicted molar refractivity (Wildman–Crippen MR) is 87.6 cm³/mol. The summed E-state index contributed by atoms with van der Waals surface area (Å²) in [6.07, 6.45) is 8.33. The highest BCUT2D eigenvalue weighted by molar-refractivity contribution is 5.42. The highest BCUT2D eigenvalue weighted by atomic mass is 79.9. The fourth-order valence-corrected chi connectivity index (χ4v) is 2.97. The zero-order valence-electron chi connectivity index (χ0n) is 13.6. The molecule has 0 bridgehead atoms. The molecule has 0 aliphatic carbocycles. The highest BCUT2D eigenvalue weighted by Gasteiger charge is 2.25. The second-order valence-electron chi connectivity index (χ2n) is 5.60. The first-order valence-electron chi connectivity index (χ1n) is 8.20. The number of hydrogen-bond donors (Lipinski definition) is 0. The fraction of sp³-hybridized carbons (Fsp3) is 0.667. The largest absolute Gasteiger partial charge is 1.00 e. The van der Waals surface area contributed by atoms with E-state index in [1.54, 1.807) is 0 Å². The van der Waals surface area contributed by atoms with Gasteiger partial charge in [0.15, 0.2) is 0 Å². The molecular formula is C18H32BrN. The molecular weight excluding hydrogens is 310 g/mol. The summed E-state index contributed by atoms with van der Waals surface area (Å²) in [7, 11) is 0. The Balaban J connectivity index is 0.00000361. The molecule has 0 aliphatic rings. The van der Waals surface area contributed by atoms with Crippen LogP contribution in [0, 0.1) is 0 Å². The van der Waals surface area contributed by atoms with Gasteiger partial charge in [-0.25, -0.2) is 0 Å². The lowest BCUT2D eigenvalue weighted by atomic mass is 10.1. The number of nitrogens with zero attached hydrogens (tertiary/aromatic N) is 1. The van der Waals surface area contributed by atoms with Crippen LogP contribution < -0.4 is 21.5 Å². The van der Waals surface area contributed by atoms with E-state index in [9.17, 15) is 0 Å². The first kappa shape index (κ1) is 19.7. The van der Waals surface area contributed by atoms with E-state index in [4.69, 9.17) is 0 Å². The summed E-state index contributed by atoms with van der Waals surface area (Å²) >= 11 is 0. The fourth-order valence-electron chi connectivity index (χ4n) is 2.97. The maximum Gasteiger partial charge on any atom is 0.132 e. The van der Waals surface area contributed by atoms with E-state index in [-0.39, 0.29) is 17.0 Å². The highest BCUT2D eigenvalue weighted by Crippen LogP contribution is 2.23. The molecule has 0 saturated heterocycles. The molecule has 1 rings (SSSR count). The average molecular weight is 342 g/mol. The Morgan fingerprint density at radius 1 is 0.750 bits per heavy atom. The van der Waals surface area contributed by atoms with Gasteiger partial charge in [0.2, 0.25) is 0 Å². The zero-order chi connectivity index (χ0) is 14.0. The molecule has 0 radical (unpaired) electrons. The van der Waals surface area contributed by atoms with Crippen LogP contribution in [0.25, 0.3) is 0 Å². The van der Waals surface area contributed by atoms with Crippen molar-refractivity contribution in [1.29, 1.82) is 0 Å². The van der Waals surface area contributed by atoms with Gasteiger partial charge in [0.1, 0.15) is 5.69 Å². The van der Waals surface area contributed by atoms with Crippen molar-refractivity contribution in [2.75, 3.05) is 19.6 Å². The lowest BCUT2D eigenvalue weighted by Gasteiger charge is -2.36. The van der Waals surface area contributed by atoms with Crippen molar-refractivity contribution in [3.05, 3.63) is 30.3 Å². The summed E-state index contributed by atoms with van der Waals surface area (Å²) < 4.78 is 1.15. The van der Waals surface area contributed by atoms with Gasteiger partial charge in [-0.2, -0.15) is 0 Å². The minimum atomic E-state index is 0. The first-order chi connectivity index (χ1) is 9.29. The molecule has 20 heavy (non-hydrogen) atoms. The molecule has 0 spiro atoms. The second kappa shape index (κ2) is 11.3. The van der Waals surface area contributed by atoms with E-state index in [2.05, 4.69) is 51.1 Å². The lowest BCUT2D eigenvalue weighted by molar-refractivity contribution is -0.00000417. The molecule has 0 fully saturated rings. The van der Waals surface area contributed by atoms with Crippen LogP contribution in [0.3, 0.4) is 0 Å². The van der Waals surface area contributed by atoms with Gasteiger partial charge in [0.05, 0.1) is 19.6 Å². The molecule has 1 aromatic carbocycles. The number of unbranched alkanes of at least 4 members (excludes halogenated alkanes) is 5. The Kier molecular flexibility index (Phi) is 11.1. The topological polar surface area (TPSA) is 0 Å². The lowest BCUT2D eigenvalue weighted by Crippen LogP contribution is -3.00. The van der Waals surface area contributed by atoms with Crippen LogP contribution in [0.15, 0.2) is 30.3 Å². The number of quaternary nitrogens is 1. The van der Waals surface area contributed by atoms with Crippen molar-refractivity contribution in [3.63, 3.8) is 0 Å². The van der Waals surface area contributed by atoms with Crippen molar-refractivity contribution in [3.8, 4) is 0 Å². The summed E-state index contributed by atoms with van der Waals surface area (Å²) in [5.41, 5.74) is 1.49. The van der Waals surface area contributed by atoms with Gasteiger partial charge in [-0.15, -0.1) is 0 Å². The Morgan fingerprint density at radius 3 is 1.85 bits per heavy atom. The van der Waals surface area contributed by atoms with E-state index in [1.165, 1.54) is 63.8 Å². The molecule has 0 aromatic heterocycles. The van der Waals surface area contributed by atoms with Gasteiger partial charge in [-0.1, -0.05) is 50.8 Å². The number of hydrogen-bond acceptors (Lipinski definition) is 0. The van der Waals surface area contributed by atoms with Crippen LogP contribution in [0.2, 0.25) is 0 Å². The van der Waals surface area contributed by atoms with Crippen molar-refractivity contribution in [2.45, 2.75) is 59.3 Å². The zero-order valence-corrected chi connectivity index (χ0v) is 15.2. The summed E-state index contributed by atoms with van der Waals surface area (Å²) in [5.74, 6) is 0. The van der Waals surface area contributed by atoms with E-state index in [0.717, 1.165) is 4.48 Å². The van der Waals surface area contributed by atoms with Gasteiger partial charge in [-0.3, -0.25) is 4.48 Å². The second-order valence-corrected chi connectivity index (χ2v) is 5.60. The molecule has 0 amide bonds. The smallest absolute Gasteiger partial charge is 0.132 e. The molecule has 0 aliphatic heterocycles. The molecule has 1 nitrogen and oxygen atoms in total. The van der Waals surface area contributed by atoms with Gasteiger partial charge < -0.3 is 17.0 Å².